The van der Waals surface area contributed by atoms with Crippen molar-refractivity contribution >= 4 is 24.3 Å². The molecule has 0 radical (unpaired) electrons. The van der Waals surface area contributed by atoms with E-state index in [-0.39, 0.29) is 11.7 Å². The lowest BCUT2D eigenvalue weighted by Gasteiger charge is -2.22. The average molecular weight is 515 g/mol. The molecule has 5 rings (SSSR count). The monoisotopic (exact) mass is 514 g/mol. The predicted molar refractivity (Wildman–Crippen MR) is 157 cm³/mol. The summed E-state index contributed by atoms with van der Waals surface area (Å²) in [6.07, 6.45) is 3.42. The summed E-state index contributed by atoms with van der Waals surface area (Å²) < 4.78 is 11.5. The molecule has 5 heteroatoms. The van der Waals surface area contributed by atoms with Gasteiger partial charge in [0.05, 0.1) is 27.3 Å². The van der Waals surface area contributed by atoms with Crippen LogP contribution in [0.3, 0.4) is 0 Å². The fraction of sp³-hybridized carbons (Fsp3) is 0.147. The number of hydrogen-bond donors (Lipinski definition) is 0. The zero-order chi connectivity index (χ0) is 27.2. The molecule has 0 aliphatic heterocycles. The van der Waals surface area contributed by atoms with Gasteiger partial charge in [0.25, 0.3) is 0 Å². The van der Waals surface area contributed by atoms with Crippen LogP contribution < -0.4 is 9.47 Å². The molecule has 1 unspecified atom stereocenters. The lowest BCUT2D eigenvalue weighted by Crippen LogP contribution is -2.18. The first-order valence-corrected chi connectivity index (χ1v) is 12.8. The largest absolute Gasteiger partial charge is 0.496 e. The highest BCUT2D eigenvalue weighted by molar-refractivity contribution is 6.52. The smallest absolute Gasteiger partial charge is 0.204 e. The van der Waals surface area contributed by atoms with Crippen molar-refractivity contribution in [3.05, 3.63) is 136 Å². The number of ketones is 1. The average Bonchev–Trinajstić information content (AvgIpc) is 2.98. The van der Waals surface area contributed by atoms with Gasteiger partial charge in [0.15, 0.2) is 0 Å². The minimum absolute atomic E-state index is 0.0444. The summed E-state index contributed by atoms with van der Waals surface area (Å²) in [5.74, 6) is 1.38. The van der Waals surface area contributed by atoms with Gasteiger partial charge in [-0.05, 0) is 47.2 Å². The van der Waals surface area contributed by atoms with Gasteiger partial charge in [0.1, 0.15) is 17.2 Å². The Bertz CT molecular complexity index is 1570. The molecule has 0 saturated carbocycles. The first kappa shape index (κ1) is 25.9. The normalized spacial score (nSPS) is 14.1. The van der Waals surface area contributed by atoms with E-state index in [4.69, 9.17) is 14.5 Å². The summed E-state index contributed by atoms with van der Waals surface area (Å²) in [5, 5.41) is 0. The molecule has 5 nitrogen and oxygen atoms in total. The Morgan fingerprint density at radius 2 is 1.33 bits per heavy atom. The topological polar surface area (TPSA) is 60.2 Å². The number of allylic oxidation sites excluding steroid dienone is 1. The van der Waals surface area contributed by atoms with Crippen LogP contribution in [0.2, 0.25) is 0 Å². The third-order valence-corrected chi connectivity index (χ3v) is 6.98. The third kappa shape index (κ3) is 5.43. The molecule has 1 aliphatic carbocycles. The van der Waals surface area contributed by atoms with Crippen LogP contribution in [0.15, 0.2) is 107 Å². The van der Waals surface area contributed by atoms with Crippen molar-refractivity contribution < 1.29 is 14.3 Å². The van der Waals surface area contributed by atoms with Crippen molar-refractivity contribution in [3.8, 4) is 11.5 Å². The van der Waals surface area contributed by atoms with E-state index in [0.717, 1.165) is 50.4 Å². The molecule has 4 aromatic rings. The highest BCUT2D eigenvalue weighted by atomic mass is 16.5. The Morgan fingerprint density at radius 3 is 1.97 bits per heavy atom. The number of rotatable bonds is 9. The second-order valence-corrected chi connectivity index (χ2v) is 9.32. The van der Waals surface area contributed by atoms with Gasteiger partial charge < -0.3 is 9.47 Å². The summed E-state index contributed by atoms with van der Waals surface area (Å²) in [5.41, 5.74) is 7.55. The molecule has 0 N–H and O–H groups in total. The molecule has 0 saturated heterocycles. The standard InChI is InChI=1S/C34H30N2O3/c1-35-21-27-15-13-25(19-31(27)38-2)33(24-10-5-4-6-11-24)26-14-16-28(32(20-26)39-3)22-36-34-29-12-8-7-9-23(29)17-18-30(34)37/h4-20,33H,1,21-22H2,2-3H3. The predicted octanol–water partition coefficient (Wildman–Crippen LogP) is 6.67. The number of carbonyl (C=O) groups is 1. The zero-order valence-electron chi connectivity index (χ0n) is 22.1. The Balaban J connectivity index is 1.53. The summed E-state index contributed by atoms with van der Waals surface area (Å²) >= 11 is 0. The van der Waals surface area contributed by atoms with Gasteiger partial charge in [-0.3, -0.25) is 14.8 Å². The Morgan fingerprint density at radius 1 is 0.718 bits per heavy atom. The molecule has 0 fully saturated rings. The summed E-state index contributed by atoms with van der Waals surface area (Å²) in [6, 6.07) is 30.6. The lowest BCUT2D eigenvalue weighted by molar-refractivity contribution is -0.108. The van der Waals surface area contributed by atoms with Crippen LogP contribution in [0.1, 0.15) is 44.9 Å². The molecule has 1 atom stereocenters. The van der Waals surface area contributed by atoms with Crippen LogP contribution in [0.5, 0.6) is 11.5 Å². The maximum absolute atomic E-state index is 12.6. The molecule has 4 aromatic carbocycles. The van der Waals surface area contributed by atoms with Gasteiger partial charge in [0, 0.05) is 22.6 Å². The molecule has 0 amide bonds. The van der Waals surface area contributed by atoms with Crippen molar-refractivity contribution in [1.82, 2.24) is 0 Å². The first-order chi connectivity index (χ1) is 19.1. The quantitative estimate of drug-likeness (QED) is 0.185. The molecule has 0 heterocycles. The highest BCUT2D eigenvalue weighted by Crippen LogP contribution is 2.37. The van der Waals surface area contributed by atoms with E-state index in [2.05, 4.69) is 48.1 Å². The van der Waals surface area contributed by atoms with Gasteiger partial charge in [-0.25, -0.2) is 0 Å². The van der Waals surface area contributed by atoms with Gasteiger partial charge in [-0.1, -0.05) is 84.9 Å². The van der Waals surface area contributed by atoms with Crippen LogP contribution >= 0.6 is 0 Å². The van der Waals surface area contributed by atoms with Gasteiger partial charge in [-0.2, -0.15) is 0 Å². The van der Waals surface area contributed by atoms with Crippen LogP contribution in [-0.2, 0) is 17.9 Å². The first-order valence-electron chi connectivity index (χ1n) is 12.8. The summed E-state index contributed by atoms with van der Waals surface area (Å²) in [6.45, 7) is 4.45. The fourth-order valence-electron chi connectivity index (χ4n) is 5.05. The van der Waals surface area contributed by atoms with E-state index in [1.807, 2.05) is 60.7 Å². The number of hydrogen-bond acceptors (Lipinski definition) is 5. The van der Waals surface area contributed by atoms with Crippen LogP contribution in [0.25, 0.3) is 6.08 Å². The van der Waals surface area contributed by atoms with E-state index in [1.54, 1.807) is 20.3 Å². The minimum atomic E-state index is -0.0857. The van der Waals surface area contributed by atoms with E-state index >= 15 is 0 Å². The van der Waals surface area contributed by atoms with Gasteiger partial charge in [0.2, 0.25) is 5.78 Å². The second-order valence-electron chi connectivity index (χ2n) is 9.32. The van der Waals surface area contributed by atoms with Crippen LogP contribution in [0, 0.1) is 0 Å². The lowest BCUT2D eigenvalue weighted by atomic mass is 9.84. The molecule has 0 bridgehead atoms. The van der Waals surface area contributed by atoms with Crippen molar-refractivity contribution in [3.63, 3.8) is 0 Å². The third-order valence-electron chi connectivity index (χ3n) is 6.98. The molecule has 0 aromatic heterocycles. The molecule has 39 heavy (non-hydrogen) atoms. The number of ether oxygens (including phenoxy) is 2. The molecular formula is C34H30N2O3. The number of benzene rings is 4. The molecule has 0 spiro atoms. The van der Waals surface area contributed by atoms with Crippen LogP contribution in [0.4, 0.5) is 0 Å². The van der Waals surface area contributed by atoms with E-state index in [0.29, 0.717) is 18.8 Å². The number of nitrogens with zero attached hydrogens (tertiary/aromatic N) is 2. The SMILES string of the molecule is C=NCc1ccc(C(c2ccccc2)c2ccc(CN=C3C(=O)C=Cc4ccccc43)c(OC)c2)cc1OC. The molecular weight excluding hydrogens is 484 g/mol. The molecule has 1 aliphatic rings. The number of fused-ring (bicyclic) bond motifs is 1. The maximum atomic E-state index is 12.6. The summed E-state index contributed by atoms with van der Waals surface area (Å²) in [4.78, 5) is 21.4. The number of aliphatic imine (C=N–C) groups is 2. The Labute approximate surface area is 229 Å². The Hall–Kier alpha value is -4.77. The maximum Gasteiger partial charge on any atom is 0.204 e. The summed E-state index contributed by atoms with van der Waals surface area (Å²) in [7, 11) is 3.34. The highest BCUT2D eigenvalue weighted by Gasteiger charge is 2.21. The van der Waals surface area contributed by atoms with E-state index < -0.39 is 0 Å². The number of methoxy groups -OCH3 is 2. The van der Waals surface area contributed by atoms with Crippen LogP contribution in [-0.4, -0.2) is 32.4 Å². The van der Waals surface area contributed by atoms with Crippen molar-refractivity contribution in [2.24, 2.45) is 9.98 Å². The Kier molecular flexibility index (Phi) is 7.78. The molecule has 194 valence electrons. The minimum Gasteiger partial charge on any atom is -0.496 e. The second kappa shape index (κ2) is 11.7. The van der Waals surface area contributed by atoms with Gasteiger partial charge >= 0.3 is 0 Å². The van der Waals surface area contributed by atoms with Crippen molar-refractivity contribution in [1.29, 1.82) is 0 Å². The van der Waals surface area contributed by atoms with E-state index in [1.165, 1.54) is 0 Å². The number of carbonyl (C=O) groups excluding carboxylic acids is 1. The van der Waals surface area contributed by atoms with Crippen molar-refractivity contribution in [2.45, 2.75) is 19.0 Å². The zero-order valence-corrected chi connectivity index (χ0v) is 22.1. The van der Waals surface area contributed by atoms with Crippen molar-refractivity contribution in [2.75, 3.05) is 14.2 Å². The van der Waals surface area contributed by atoms with E-state index in [9.17, 15) is 4.79 Å². The fourth-order valence-corrected chi connectivity index (χ4v) is 5.05. The van der Waals surface area contributed by atoms with Gasteiger partial charge in [-0.15, -0.1) is 0 Å².